The van der Waals surface area contributed by atoms with E-state index in [2.05, 4.69) is 51.1 Å². The Labute approximate surface area is 190 Å². The van der Waals surface area contributed by atoms with Crippen LogP contribution in [0.2, 0.25) is 0 Å². The number of ether oxygens (including phenoxy) is 1. The third-order valence-corrected chi connectivity index (χ3v) is 6.81. The van der Waals surface area contributed by atoms with Crippen molar-refractivity contribution >= 4 is 49.1 Å². The number of thiazole rings is 1. The molecule has 31 heavy (non-hydrogen) atoms. The van der Waals surface area contributed by atoms with Crippen LogP contribution < -0.4 is 14.8 Å². The van der Waals surface area contributed by atoms with Crippen LogP contribution in [0.5, 0.6) is 5.75 Å². The lowest BCUT2D eigenvalue weighted by Gasteiger charge is -2.10. The van der Waals surface area contributed by atoms with Crippen molar-refractivity contribution in [2.75, 3.05) is 7.11 Å². The third kappa shape index (κ3) is 3.75. The monoisotopic (exact) mass is 491 g/mol. The van der Waals surface area contributed by atoms with E-state index in [1.165, 1.54) is 15.9 Å². The van der Waals surface area contributed by atoms with Crippen LogP contribution in [0.3, 0.4) is 0 Å². The Morgan fingerprint density at radius 1 is 1.06 bits per heavy atom. The van der Waals surface area contributed by atoms with Crippen LogP contribution in [-0.2, 0) is 0 Å². The highest BCUT2D eigenvalue weighted by Gasteiger charge is 2.17. The molecule has 0 aliphatic rings. The largest absolute Gasteiger partial charge is 0.497 e. The first-order chi connectivity index (χ1) is 15.0. The van der Waals surface area contributed by atoms with Crippen molar-refractivity contribution < 1.29 is 4.74 Å². The normalized spacial score (nSPS) is 13.2. The summed E-state index contributed by atoms with van der Waals surface area (Å²) in [5, 5.41) is 6.77. The van der Waals surface area contributed by atoms with E-state index < -0.39 is 0 Å². The highest BCUT2D eigenvalue weighted by atomic mass is 79.9. The van der Waals surface area contributed by atoms with Crippen LogP contribution in [-0.4, -0.2) is 21.7 Å². The standard InChI is InChI=1S/C24H18BrN3O2S/c1-14(16-5-6-18-13-20(30-2)10-7-17(18)12-16)22-26-24-28(27-22)23(29)21(31-24)11-15-3-8-19(25)9-4-15/h3-14H,1-2H3/b21-11-/t14-/m0/s1. The Morgan fingerprint density at radius 2 is 1.81 bits per heavy atom. The van der Waals surface area contributed by atoms with Crippen LogP contribution in [0.15, 0.2) is 69.9 Å². The molecular weight excluding hydrogens is 474 g/mol. The van der Waals surface area contributed by atoms with E-state index in [0.717, 1.165) is 32.1 Å². The summed E-state index contributed by atoms with van der Waals surface area (Å²) in [4.78, 5) is 18.1. The van der Waals surface area contributed by atoms with E-state index in [9.17, 15) is 4.79 Å². The predicted molar refractivity (Wildman–Crippen MR) is 128 cm³/mol. The summed E-state index contributed by atoms with van der Waals surface area (Å²) in [6.45, 7) is 2.06. The maximum Gasteiger partial charge on any atom is 0.291 e. The maximum absolute atomic E-state index is 12.8. The first-order valence-electron chi connectivity index (χ1n) is 9.76. The first-order valence-corrected chi connectivity index (χ1v) is 11.4. The molecule has 0 aliphatic carbocycles. The van der Waals surface area contributed by atoms with Gasteiger partial charge in [0.25, 0.3) is 5.56 Å². The Morgan fingerprint density at radius 3 is 2.55 bits per heavy atom. The fourth-order valence-corrected chi connectivity index (χ4v) is 4.71. The van der Waals surface area contributed by atoms with Gasteiger partial charge in [-0.2, -0.15) is 4.52 Å². The Hall–Kier alpha value is -3.03. The van der Waals surface area contributed by atoms with Gasteiger partial charge in [-0.1, -0.05) is 70.6 Å². The van der Waals surface area contributed by atoms with Gasteiger partial charge in [0.15, 0.2) is 5.82 Å². The number of nitrogens with zero attached hydrogens (tertiary/aromatic N) is 3. The number of hydrogen-bond acceptors (Lipinski definition) is 5. The third-order valence-electron chi connectivity index (χ3n) is 5.32. The molecule has 2 aromatic heterocycles. The molecule has 0 unspecified atom stereocenters. The lowest BCUT2D eigenvalue weighted by atomic mass is 9.97. The van der Waals surface area contributed by atoms with E-state index >= 15 is 0 Å². The molecule has 0 saturated heterocycles. The zero-order valence-electron chi connectivity index (χ0n) is 16.9. The van der Waals surface area contributed by atoms with Gasteiger partial charge in [-0.15, -0.1) is 5.10 Å². The Kier molecular flexibility index (Phi) is 5.08. The Balaban J connectivity index is 1.50. The summed E-state index contributed by atoms with van der Waals surface area (Å²) in [5.41, 5.74) is 1.93. The van der Waals surface area contributed by atoms with E-state index in [1.807, 2.05) is 48.5 Å². The number of fused-ring (bicyclic) bond motifs is 2. The van der Waals surface area contributed by atoms with Crippen molar-refractivity contribution in [2.24, 2.45) is 0 Å². The van der Waals surface area contributed by atoms with Gasteiger partial charge in [0.05, 0.1) is 11.6 Å². The molecule has 0 spiro atoms. The number of benzene rings is 3. The SMILES string of the molecule is COc1ccc2cc([C@H](C)c3nc4s/c(=C\c5ccc(Br)cc5)c(=O)n4n3)ccc2c1. The van der Waals surface area contributed by atoms with Crippen LogP contribution >= 0.6 is 27.3 Å². The molecule has 3 aromatic carbocycles. The lowest BCUT2D eigenvalue weighted by Crippen LogP contribution is -2.24. The average Bonchev–Trinajstić information content (AvgIpc) is 3.33. The highest BCUT2D eigenvalue weighted by molar-refractivity contribution is 9.10. The number of aromatic nitrogens is 3. The summed E-state index contributed by atoms with van der Waals surface area (Å²) < 4.78 is 8.33. The van der Waals surface area contributed by atoms with Crippen LogP contribution in [0, 0.1) is 0 Å². The topological polar surface area (TPSA) is 56.5 Å². The molecule has 0 aliphatic heterocycles. The van der Waals surface area contributed by atoms with Crippen molar-refractivity contribution in [3.8, 4) is 5.75 Å². The second-order valence-corrected chi connectivity index (χ2v) is 9.25. The van der Waals surface area contributed by atoms with Gasteiger partial charge in [0, 0.05) is 10.4 Å². The van der Waals surface area contributed by atoms with Gasteiger partial charge in [-0.05, 0) is 52.2 Å². The predicted octanol–water partition coefficient (Wildman–Crippen LogP) is 4.77. The molecule has 0 saturated carbocycles. The molecule has 0 radical (unpaired) electrons. The minimum atomic E-state index is -0.139. The number of rotatable bonds is 4. The zero-order chi connectivity index (χ0) is 21.5. The number of hydrogen-bond donors (Lipinski definition) is 0. The lowest BCUT2D eigenvalue weighted by molar-refractivity contribution is 0.415. The van der Waals surface area contributed by atoms with Crippen molar-refractivity contribution in [2.45, 2.75) is 12.8 Å². The molecule has 5 rings (SSSR count). The average molecular weight is 492 g/mol. The first kappa shape index (κ1) is 19.9. The van der Waals surface area contributed by atoms with Gasteiger partial charge < -0.3 is 4.74 Å². The maximum atomic E-state index is 12.8. The smallest absolute Gasteiger partial charge is 0.291 e. The van der Waals surface area contributed by atoms with Crippen molar-refractivity contribution in [1.82, 2.24) is 14.6 Å². The molecule has 154 valence electrons. The molecule has 0 bridgehead atoms. The molecular formula is C24H18BrN3O2S. The second-order valence-electron chi connectivity index (χ2n) is 7.33. The fourth-order valence-electron chi connectivity index (χ4n) is 3.53. The molecule has 0 fully saturated rings. The summed E-state index contributed by atoms with van der Waals surface area (Å²) in [6.07, 6.45) is 1.87. The van der Waals surface area contributed by atoms with Crippen molar-refractivity contribution in [1.29, 1.82) is 0 Å². The minimum Gasteiger partial charge on any atom is -0.497 e. The van der Waals surface area contributed by atoms with E-state index in [1.54, 1.807) is 7.11 Å². The fraction of sp³-hybridized carbons (Fsp3) is 0.125. The molecule has 5 nitrogen and oxygen atoms in total. The summed E-state index contributed by atoms with van der Waals surface area (Å²) in [7, 11) is 1.67. The van der Waals surface area contributed by atoms with Crippen molar-refractivity contribution in [3.63, 3.8) is 0 Å². The summed E-state index contributed by atoms with van der Waals surface area (Å²) in [5.74, 6) is 1.45. The van der Waals surface area contributed by atoms with Gasteiger partial charge in [-0.3, -0.25) is 4.79 Å². The zero-order valence-corrected chi connectivity index (χ0v) is 19.3. The molecule has 5 aromatic rings. The van der Waals surface area contributed by atoms with E-state index in [4.69, 9.17) is 4.74 Å². The van der Waals surface area contributed by atoms with E-state index in [-0.39, 0.29) is 11.5 Å². The van der Waals surface area contributed by atoms with Crippen molar-refractivity contribution in [3.05, 3.63) is 97.0 Å². The van der Waals surface area contributed by atoms with Crippen LogP contribution in [0.4, 0.5) is 0 Å². The molecule has 1 atom stereocenters. The molecule has 0 amide bonds. The van der Waals surface area contributed by atoms with Gasteiger partial charge >= 0.3 is 0 Å². The summed E-state index contributed by atoms with van der Waals surface area (Å²) >= 11 is 4.78. The van der Waals surface area contributed by atoms with Gasteiger partial charge in [-0.25, -0.2) is 4.98 Å². The van der Waals surface area contributed by atoms with Gasteiger partial charge in [0.2, 0.25) is 4.96 Å². The number of halogens is 1. The Bertz CT molecular complexity index is 1520. The minimum absolute atomic E-state index is 0.0306. The number of methoxy groups -OCH3 is 1. The van der Waals surface area contributed by atoms with Gasteiger partial charge in [0.1, 0.15) is 5.75 Å². The molecule has 2 heterocycles. The van der Waals surface area contributed by atoms with Crippen LogP contribution in [0.1, 0.15) is 29.8 Å². The second kappa shape index (κ2) is 7.90. The van der Waals surface area contributed by atoms with E-state index in [0.29, 0.717) is 15.3 Å². The molecule has 7 heteroatoms. The highest BCUT2D eigenvalue weighted by Crippen LogP contribution is 2.27. The summed E-state index contributed by atoms with van der Waals surface area (Å²) in [6, 6.07) is 20.1. The molecule has 0 N–H and O–H groups in total. The quantitative estimate of drug-likeness (QED) is 0.363. The van der Waals surface area contributed by atoms with Crippen LogP contribution in [0.25, 0.3) is 21.8 Å².